The molecule has 0 heterocycles. The predicted molar refractivity (Wildman–Crippen MR) is 80.5 cm³/mol. The van der Waals surface area contributed by atoms with Gasteiger partial charge in [0.25, 0.3) is 0 Å². The molecule has 1 unspecified atom stereocenters. The summed E-state index contributed by atoms with van der Waals surface area (Å²) in [6.45, 7) is 6.62. The van der Waals surface area contributed by atoms with E-state index in [2.05, 4.69) is 41.6 Å². The summed E-state index contributed by atoms with van der Waals surface area (Å²) in [6, 6.07) is 10.3. The van der Waals surface area contributed by atoms with Crippen molar-refractivity contribution in [3.8, 4) is 0 Å². The molecule has 0 aliphatic rings. The molecular weight excluding hydrogens is 238 g/mol. The number of nitrogens with one attached hydrogen (secondary N) is 2. The van der Waals surface area contributed by atoms with E-state index in [4.69, 9.17) is 4.74 Å². The number of nitrogens with zero attached hydrogens (tertiary/aromatic N) is 1. The molecule has 0 aromatic heterocycles. The fourth-order valence-electron chi connectivity index (χ4n) is 1.75. The van der Waals surface area contributed by atoms with Crippen molar-refractivity contribution >= 4 is 5.96 Å². The van der Waals surface area contributed by atoms with E-state index in [1.165, 1.54) is 5.56 Å². The van der Waals surface area contributed by atoms with Crippen molar-refractivity contribution in [3.63, 3.8) is 0 Å². The molecule has 0 saturated heterocycles. The van der Waals surface area contributed by atoms with Crippen LogP contribution in [0.3, 0.4) is 0 Å². The molecule has 0 spiro atoms. The zero-order valence-corrected chi connectivity index (χ0v) is 12.1. The van der Waals surface area contributed by atoms with Gasteiger partial charge in [0, 0.05) is 26.7 Å². The number of rotatable bonds is 7. The number of ether oxygens (including phenoxy) is 1. The van der Waals surface area contributed by atoms with Gasteiger partial charge in [0.15, 0.2) is 5.96 Å². The molecule has 0 fully saturated rings. The Balaban J connectivity index is 2.14. The molecule has 4 heteroatoms. The van der Waals surface area contributed by atoms with Gasteiger partial charge in [0.05, 0.1) is 6.10 Å². The van der Waals surface area contributed by atoms with Crippen LogP contribution in [0.4, 0.5) is 0 Å². The van der Waals surface area contributed by atoms with Crippen LogP contribution in [-0.4, -0.2) is 32.7 Å². The summed E-state index contributed by atoms with van der Waals surface area (Å²) in [7, 11) is 1.78. The van der Waals surface area contributed by atoms with E-state index in [9.17, 15) is 0 Å². The average Bonchev–Trinajstić information content (AvgIpc) is 2.46. The van der Waals surface area contributed by atoms with Gasteiger partial charge in [-0.15, -0.1) is 0 Å². The third-order valence-electron chi connectivity index (χ3n) is 2.82. The highest BCUT2D eigenvalue weighted by Crippen LogP contribution is 2.15. The fourth-order valence-corrected chi connectivity index (χ4v) is 1.75. The van der Waals surface area contributed by atoms with E-state index >= 15 is 0 Å². The Morgan fingerprint density at radius 2 is 2.00 bits per heavy atom. The molecule has 4 nitrogen and oxygen atoms in total. The largest absolute Gasteiger partial charge is 0.374 e. The van der Waals surface area contributed by atoms with Gasteiger partial charge in [-0.05, 0) is 25.8 Å². The maximum Gasteiger partial charge on any atom is 0.190 e. The lowest BCUT2D eigenvalue weighted by atomic mass is 10.1. The number of guanidine groups is 1. The Bertz CT molecular complexity index is 365. The topological polar surface area (TPSA) is 45.7 Å². The molecule has 19 heavy (non-hydrogen) atoms. The van der Waals surface area contributed by atoms with Crippen molar-refractivity contribution in [1.29, 1.82) is 0 Å². The van der Waals surface area contributed by atoms with Crippen LogP contribution in [-0.2, 0) is 4.74 Å². The van der Waals surface area contributed by atoms with Crippen LogP contribution >= 0.6 is 0 Å². The fraction of sp³-hybridized carbons (Fsp3) is 0.533. The summed E-state index contributed by atoms with van der Waals surface area (Å²) in [4.78, 5) is 4.11. The van der Waals surface area contributed by atoms with Crippen LogP contribution < -0.4 is 10.6 Å². The van der Waals surface area contributed by atoms with Gasteiger partial charge in [-0.3, -0.25) is 4.99 Å². The quantitative estimate of drug-likeness (QED) is 0.451. The van der Waals surface area contributed by atoms with Crippen LogP contribution in [0.15, 0.2) is 35.3 Å². The molecule has 0 saturated carbocycles. The van der Waals surface area contributed by atoms with E-state index < -0.39 is 0 Å². The number of aliphatic imine (C=N–C) groups is 1. The first-order valence-electron chi connectivity index (χ1n) is 6.89. The first kappa shape index (κ1) is 15.5. The van der Waals surface area contributed by atoms with Crippen molar-refractivity contribution in [2.24, 2.45) is 4.99 Å². The highest BCUT2D eigenvalue weighted by Gasteiger charge is 2.04. The number of hydrogen-bond acceptors (Lipinski definition) is 2. The zero-order chi connectivity index (χ0) is 13.9. The lowest BCUT2D eigenvalue weighted by Gasteiger charge is -2.14. The SMILES string of the molecule is CCNC(=NC)NCCCOC(C)c1ccccc1. The second kappa shape index (κ2) is 9.39. The minimum Gasteiger partial charge on any atom is -0.374 e. The minimum absolute atomic E-state index is 0.147. The van der Waals surface area contributed by atoms with Crippen LogP contribution in [0.5, 0.6) is 0 Å². The zero-order valence-electron chi connectivity index (χ0n) is 12.1. The summed E-state index contributed by atoms with van der Waals surface area (Å²) in [5, 5.41) is 6.40. The average molecular weight is 263 g/mol. The smallest absolute Gasteiger partial charge is 0.190 e. The Kier molecular flexibility index (Phi) is 7.66. The molecule has 0 radical (unpaired) electrons. The minimum atomic E-state index is 0.147. The normalized spacial score (nSPS) is 13.1. The Morgan fingerprint density at radius 1 is 1.26 bits per heavy atom. The summed E-state index contributed by atoms with van der Waals surface area (Å²) in [5.74, 6) is 0.846. The van der Waals surface area contributed by atoms with Gasteiger partial charge in [-0.2, -0.15) is 0 Å². The molecule has 1 rings (SSSR count). The van der Waals surface area contributed by atoms with Gasteiger partial charge in [-0.25, -0.2) is 0 Å². The van der Waals surface area contributed by atoms with Crippen molar-refractivity contribution in [2.75, 3.05) is 26.7 Å². The van der Waals surface area contributed by atoms with Gasteiger partial charge in [0.1, 0.15) is 0 Å². The number of hydrogen-bond donors (Lipinski definition) is 2. The summed E-state index contributed by atoms with van der Waals surface area (Å²) in [5.41, 5.74) is 1.22. The van der Waals surface area contributed by atoms with Crippen molar-refractivity contribution in [3.05, 3.63) is 35.9 Å². The lowest BCUT2D eigenvalue weighted by molar-refractivity contribution is 0.0646. The Labute approximate surface area is 116 Å². The third kappa shape index (κ3) is 6.25. The Hall–Kier alpha value is -1.55. The molecule has 0 bridgehead atoms. The van der Waals surface area contributed by atoms with Crippen molar-refractivity contribution in [1.82, 2.24) is 10.6 Å². The standard InChI is InChI=1S/C15H25N3O/c1-4-17-15(16-3)18-11-8-12-19-13(2)14-9-6-5-7-10-14/h5-7,9-10,13H,4,8,11-12H2,1-3H3,(H2,16,17,18). The Morgan fingerprint density at radius 3 is 2.63 bits per heavy atom. The maximum absolute atomic E-state index is 5.80. The van der Waals surface area contributed by atoms with Crippen LogP contribution in [0, 0.1) is 0 Å². The molecule has 2 N–H and O–H groups in total. The lowest BCUT2D eigenvalue weighted by Crippen LogP contribution is -2.37. The van der Waals surface area contributed by atoms with E-state index in [1.807, 2.05) is 18.2 Å². The first-order chi connectivity index (χ1) is 9.27. The van der Waals surface area contributed by atoms with Crippen LogP contribution in [0.2, 0.25) is 0 Å². The van der Waals surface area contributed by atoms with Crippen molar-refractivity contribution in [2.45, 2.75) is 26.4 Å². The molecule has 106 valence electrons. The molecular formula is C15H25N3O. The predicted octanol–water partition coefficient (Wildman–Crippen LogP) is 2.34. The molecule has 1 aromatic rings. The first-order valence-corrected chi connectivity index (χ1v) is 6.89. The second-order valence-electron chi connectivity index (χ2n) is 4.31. The molecule has 0 aliphatic heterocycles. The van der Waals surface area contributed by atoms with E-state index in [1.54, 1.807) is 7.05 Å². The number of benzene rings is 1. The summed E-state index contributed by atoms with van der Waals surface area (Å²) >= 11 is 0. The third-order valence-corrected chi connectivity index (χ3v) is 2.82. The highest BCUT2D eigenvalue weighted by molar-refractivity contribution is 5.79. The summed E-state index contributed by atoms with van der Waals surface area (Å²) in [6.07, 6.45) is 1.11. The monoisotopic (exact) mass is 263 g/mol. The summed E-state index contributed by atoms with van der Waals surface area (Å²) < 4.78 is 5.80. The van der Waals surface area contributed by atoms with E-state index in [0.717, 1.165) is 32.1 Å². The van der Waals surface area contributed by atoms with Crippen LogP contribution in [0.1, 0.15) is 31.9 Å². The molecule has 0 aliphatic carbocycles. The molecule has 1 atom stereocenters. The van der Waals surface area contributed by atoms with E-state index in [-0.39, 0.29) is 6.10 Å². The van der Waals surface area contributed by atoms with Gasteiger partial charge in [0.2, 0.25) is 0 Å². The van der Waals surface area contributed by atoms with E-state index in [0.29, 0.717) is 0 Å². The van der Waals surface area contributed by atoms with Crippen LogP contribution in [0.25, 0.3) is 0 Å². The van der Waals surface area contributed by atoms with Gasteiger partial charge < -0.3 is 15.4 Å². The highest BCUT2D eigenvalue weighted by atomic mass is 16.5. The maximum atomic E-state index is 5.80. The second-order valence-corrected chi connectivity index (χ2v) is 4.31. The molecule has 1 aromatic carbocycles. The van der Waals surface area contributed by atoms with Crippen molar-refractivity contribution < 1.29 is 4.74 Å². The molecule has 0 amide bonds. The van der Waals surface area contributed by atoms with Gasteiger partial charge >= 0.3 is 0 Å². The van der Waals surface area contributed by atoms with Gasteiger partial charge in [-0.1, -0.05) is 30.3 Å².